The van der Waals surface area contributed by atoms with Gasteiger partial charge in [0.1, 0.15) is 11.4 Å². The second kappa shape index (κ2) is 8.77. The number of aromatic hydroxyl groups is 1. The quantitative estimate of drug-likeness (QED) is 0.264. The monoisotopic (exact) mass is 426 g/mol. The van der Waals surface area contributed by atoms with E-state index in [1.54, 1.807) is 49.6 Å². The number of ether oxygens (including phenoxy) is 1. The Bertz CT molecular complexity index is 1330. The van der Waals surface area contributed by atoms with Crippen molar-refractivity contribution in [2.75, 3.05) is 18.2 Å². The number of nitrogens with one attached hydrogen (secondary N) is 1. The number of hydrogen-bond acceptors (Lipinski definition) is 6. The number of methoxy groups -OCH3 is 1. The van der Waals surface area contributed by atoms with Crippen molar-refractivity contribution in [1.29, 1.82) is 0 Å². The molecule has 0 fully saturated rings. The standard InChI is InChI=1S/C25H22N4O3/c1-15-13-19(32-2)11-12-22(15)27-25(31)21-14-16-5-3-4-6-20(16)23(24(21)30)29-28-18-9-7-17(26)8-10-18/h3-14,30H,26H2,1-2H3,(H,27,31). The third-order valence-corrected chi connectivity index (χ3v) is 5.08. The van der Waals surface area contributed by atoms with E-state index in [0.717, 1.165) is 10.9 Å². The number of phenols is 1. The molecular formula is C25H22N4O3. The third-order valence-electron chi connectivity index (χ3n) is 5.08. The Morgan fingerprint density at radius 2 is 1.75 bits per heavy atom. The Labute approximate surface area is 185 Å². The Balaban J connectivity index is 1.74. The summed E-state index contributed by atoms with van der Waals surface area (Å²) >= 11 is 0. The molecule has 1 amide bonds. The molecule has 0 atom stereocenters. The average Bonchev–Trinajstić information content (AvgIpc) is 2.80. The van der Waals surface area contributed by atoms with Crippen molar-refractivity contribution < 1.29 is 14.6 Å². The number of anilines is 2. The number of nitrogens with zero attached hydrogens (tertiary/aromatic N) is 2. The molecule has 4 N–H and O–H groups in total. The van der Waals surface area contributed by atoms with Gasteiger partial charge < -0.3 is 20.9 Å². The molecule has 7 heteroatoms. The van der Waals surface area contributed by atoms with Crippen LogP contribution in [0, 0.1) is 6.92 Å². The highest BCUT2D eigenvalue weighted by Gasteiger charge is 2.19. The van der Waals surface area contributed by atoms with Gasteiger partial charge in [-0.2, -0.15) is 5.11 Å². The van der Waals surface area contributed by atoms with Gasteiger partial charge in [-0.15, -0.1) is 5.11 Å². The molecule has 4 rings (SSSR count). The number of rotatable bonds is 5. The molecule has 0 aliphatic heterocycles. The van der Waals surface area contributed by atoms with Gasteiger partial charge in [-0.1, -0.05) is 24.3 Å². The molecule has 0 unspecified atom stereocenters. The van der Waals surface area contributed by atoms with Gasteiger partial charge in [-0.05, 0) is 66.4 Å². The van der Waals surface area contributed by atoms with Crippen LogP contribution in [0.15, 0.2) is 83.0 Å². The lowest BCUT2D eigenvalue weighted by Crippen LogP contribution is -2.13. The Morgan fingerprint density at radius 3 is 2.47 bits per heavy atom. The molecule has 0 heterocycles. The van der Waals surface area contributed by atoms with Crippen LogP contribution in [0.25, 0.3) is 10.8 Å². The van der Waals surface area contributed by atoms with Gasteiger partial charge in [0.05, 0.1) is 18.4 Å². The van der Waals surface area contributed by atoms with Gasteiger partial charge in [-0.25, -0.2) is 0 Å². The lowest BCUT2D eigenvalue weighted by Gasteiger charge is -2.13. The summed E-state index contributed by atoms with van der Waals surface area (Å²) in [6.07, 6.45) is 0. The van der Waals surface area contributed by atoms with E-state index in [9.17, 15) is 9.90 Å². The number of nitrogens with two attached hydrogens (primary N) is 1. The first-order chi connectivity index (χ1) is 15.5. The molecule has 0 radical (unpaired) electrons. The zero-order chi connectivity index (χ0) is 22.7. The van der Waals surface area contributed by atoms with E-state index in [1.165, 1.54) is 0 Å². The fourth-order valence-electron chi connectivity index (χ4n) is 3.33. The van der Waals surface area contributed by atoms with Crippen LogP contribution in [-0.2, 0) is 0 Å². The molecule has 160 valence electrons. The highest BCUT2D eigenvalue weighted by molar-refractivity contribution is 6.12. The summed E-state index contributed by atoms with van der Waals surface area (Å²) in [5, 5.41) is 23.7. The van der Waals surface area contributed by atoms with Gasteiger partial charge in [0.15, 0.2) is 5.75 Å². The lowest BCUT2D eigenvalue weighted by molar-refractivity contribution is 0.102. The van der Waals surface area contributed by atoms with Crippen LogP contribution < -0.4 is 15.8 Å². The summed E-state index contributed by atoms with van der Waals surface area (Å²) in [5.74, 6) is -0.00330. The molecule has 4 aromatic carbocycles. The fourth-order valence-corrected chi connectivity index (χ4v) is 3.33. The highest BCUT2D eigenvalue weighted by atomic mass is 16.5. The van der Waals surface area contributed by atoms with E-state index in [0.29, 0.717) is 28.2 Å². The maximum atomic E-state index is 13.1. The van der Waals surface area contributed by atoms with Gasteiger partial charge in [0.2, 0.25) is 0 Å². The van der Waals surface area contributed by atoms with Gasteiger partial charge >= 0.3 is 0 Å². The van der Waals surface area contributed by atoms with E-state index in [-0.39, 0.29) is 17.0 Å². The smallest absolute Gasteiger partial charge is 0.259 e. The first kappa shape index (κ1) is 20.9. The van der Waals surface area contributed by atoms with Crippen LogP contribution in [0.2, 0.25) is 0 Å². The molecule has 0 aromatic heterocycles. The fraction of sp³-hybridized carbons (Fsp3) is 0.0800. The molecule has 4 aromatic rings. The maximum absolute atomic E-state index is 13.1. The van der Waals surface area contributed by atoms with Crippen LogP contribution in [0.4, 0.5) is 22.7 Å². The number of amides is 1. The second-order valence-electron chi connectivity index (χ2n) is 7.27. The van der Waals surface area contributed by atoms with Crippen molar-refractivity contribution in [3.63, 3.8) is 0 Å². The van der Waals surface area contributed by atoms with Gasteiger partial charge in [0, 0.05) is 16.8 Å². The summed E-state index contributed by atoms with van der Waals surface area (Å²) in [6, 6.07) is 21.2. The topological polar surface area (TPSA) is 109 Å². The van der Waals surface area contributed by atoms with Crippen molar-refractivity contribution >= 4 is 39.4 Å². The summed E-state index contributed by atoms with van der Waals surface area (Å²) in [6.45, 7) is 1.87. The number of benzene rings is 4. The number of aryl methyl sites for hydroxylation is 1. The van der Waals surface area contributed by atoms with E-state index in [2.05, 4.69) is 15.5 Å². The second-order valence-corrected chi connectivity index (χ2v) is 7.27. The minimum absolute atomic E-state index is 0.102. The van der Waals surface area contributed by atoms with Crippen molar-refractivity contribution in [1.82, 2.24) is 0 Å². The van der Waals surface area contributed by atoms with E-state index in [1.807, 2.05) is 37.3 Å². The van der Waals surface area contributed by atoms with Crippen molar-refractivity contribution in [3.05, 3.63) is 83.9 Å². The average molecular weight is 426 g/mol. The van der Waals surface area contributed by atoms with Crippen LogP contribution >= 0.6 is 0 Å². The number of carbonyl (C=O) groups excluding carboxylic acids is 1. The van der Waals surface area contributed by atoms with Crippen LogP contribution in [-0.4, -0.2) is 18.1 Å². The molecule has 0 aliphatic carbocycles. The molecule has 0 saturated heterocycles. The van der Waals surface area contributed by atoms with Crippen molar-refractivity contribution in [3.8, 4) is 11.5 Å². The van der Waals surface area contributed by atoms with E-state index in [4.69, 9.17) is 10.5 Å². The van der Waals surface area contributed by atoms with Gasteiger partial charge in [-0.3, -0.25) is 4.79 Å². The SMILES string of the molecule is COc1ccc(NC(=O)c2cc3ccccc3c(N=Nc3ccc(N)cc3)c2O)c(C)c1. The van der Waals surface area contributed by atoms with Crippen LogP contribution in [0.5, 0.6) is 11.5 Å². The molecule has 0 spiro atoms. The molecular weight excluding hydrogens is 404 g/mol. The Kier molecular flexibility index (Phi) is 5.72. The molecule has 0 bridgehead atoms. The third kappa shape index (κ3) is 4.22. The predicted octanol–water partition coefficient (Wildman–Crippen LogP) is 6.11. The molecule has 0 aliphatic rings. The van der Waals surface area contributed by atoms with Crippen LogP contribution in [0.1, 0.15) is 15.9 Å². The highest BCUT2D eigenvalue weighted by Crippen LogP contribution is 2.39. The lowest BCUT2D eigenvalue weighted by atomic mass is 10.0. The summed E-state index contributed by atoms with van der Waals surface area (Å²) in [5.41, 5.74) is 8.68. The Hall–Kier alpha value is -4.39. The number of fused-ring (bicyclic) bond motifs is 1. The normalized spacial score (nSPS) is 11.1. The van der Waals surface area contributed by atoms with E-state index < -0.39 is 5.91 Å². The van der Waals surface area contributed by atoms with Crippen LogP contribution in [0.3, 0.4) is 0 Å². The first-order valence-electron chi connectivity index (χ1n) is 9.94. The zero-order valence-electron chi connectivity index (χ0n) is 17.7. The Morgan fingerprint density at radius 1 is 1.00 bits per heavy atom. The number of phenolic OH excluding ortho intramolecular Hbond substituents is 1. The summed E-state index contributed by atoms with van der Waals surface area (Å²) in [7, 11) is 1.58. The summed E-state index contributed by atoms with van der Waals surface area (Å²) in [4.78, 5) is 13.1. The maximum Gasteiger partial charge on any atom is 0.259 e. The minimum atomic E-state index is -0.453. The number of hydrogen-bond donors (Lipinski definition) is 3. The largest absolute Gasteiger partial charge is 0.505 e. The molecule has 7 nitrogen and oxygen atoms in total. The van der Waals surface area contributed by atoms with E-state index >= 15 is 0 Å². The predicted molar refractivity (Wildman–Crippen MR) is 126 cm³/mol. The zero-order valence-corrected chi connectivity index (χ0v) is 17.7. The minimum Gasteiger partial charge on any atom is -0.505 e. The first-order valence-corrected chi connectivity index (χ1v) is 9.94. The number of nitrogen functional groups attached to an aromatic ring is 1. The molecule has 0 saturated carbocycles. The molecule has 32 heavy (non-hydrogen) atoms. The van der Waals surface area contributed by atoms with Crippen molar-refractivity contribution in [2.45, 2.75) is 6.92 Å². The van der Waals surface area contributed by atoms with Gasteiger partial charge in [0.25, 0.3) is 5.91 Å². The summed E-state index contributed by atoms with van der Waals surface area (Å²) < 4.78 is 5.21. The number of carbonyl (C=O) groups is 1. The number of azo groups is 1. The van der Waals surface area contributed by atoms with Crippen molar-refractivity contribution in [2.24, 2.45) is 10.2 Å².